The average molecular weight is 1570 g/mol. The molecule has 10 rings (SSSR count). The van der Waals surface area contributed by atoms with E-state index >= 15 is 0 Å². The number of sulfonamides is 1. The second-order valence-electron chi connectivity index (χ2n) is 23.7. The number of anilines is 4. The number of alkyl halides is 3. The molecule has 102 heavy (non-hydrogen) atoms. The number of carbonyl (C=O) groups is 3. The van der Waals surface area contributed by atoms with Crippen LogP contribution in [0.2, 0.25) is 56.3 Å². The molecule has 25 nitrogen and oxygen atoms in total. The Kier molecular flexibility index (Phi) is 32.3. The maximum Gasteiger partial charge on any atom is 0.516 e. The molecule has 3 atom stereocenters. The number of nitrogens with one attached hydrogen (secondary N) is 4. The van der Waals surface area contributed by atoms with Crippen LogP contribution in [0.25, 0.3) is 11.3 Å². The maximum absolute atomic E-state index is 13.1. The van der Waals surface area contributed by atoms with Crippen molar-refractivity contribution in [1.82, 2.24) is 59.7 Å². The van der Waals surface area contributed by atoms with Crippen molar-refractivity contribution in [3.05, 3.63) is 198 Å². The Labute approximate surface area is 617 Å². The Hall–Kier alpha value is -8.08. The lowest BCUT2D eigenvalue weighted by atomic mass is 9.96. The van der Waals surface area contributed by atoms with E-state index in [1.807, 2.05) is 57.2 Å². The van der Waals surface area contributed by atoms with Crippen LogP contribution in [0.5, 0.6) is 0 Å². The highest BCUT2D eigenvalue weighted by Crippen LogP contribution is 2.41. The first-order valence-electron chi connectivity index (χ1n) is 30.8. The van der Waals surface area contributed by atoms with Crippen molar-refractivity contribution in [2.24, 2.45) is 0 Å². The zero-order chi connectivity index (χ0) is 75.8. The summed E-state index contributed by atoms with van der Waals surface area (Å²) in [5.41, 5.74) is -2.44. The number of pyridine rings is 1. The highest BCUT2D eigenvalue weighted by molar-refractivity contribution is 7.93. The Bertz CT molecular complexity index is 4320. The van der Waals surface area contributed by atoms with Gasteiger partial charge in [0.15, 0.2) is 17.1 Å². The third-order valence-corrected chi connectivity index (χ3v) is 17.7. The number of ether oxygens (including phenoxy) is 2. The normalized spacial score (nSPS) is 14.6. The number of halogens is 10. The Morgan fingerprint density at radius 3 is 1.98 bits per heavy atom. The molecule has 9 aromatic rings. The van der Waals surface area contributed by atoms with Gasteiger partial charge in [-0.3, -0.25) is 14.3 Å². The minimum Gasteiger partial charge on any atom is -0.476 e. The molecule has 3 unspecified atom stereocenters. The highest BCUT2D eigenvalue weighted by Gasteiger charge is 2.47. The van der Waals surface area contributed by atoms with Gasteiger partial charge in [0.2, 0.25) is 28.9 Å². The summed E-state index contributed by atoms with van der Waals surface area (Å²) in [6.07, 6.45) is 8.87. The van der Waals surface area contributed by atoms with Crippen LogP contribution in [0.1, 0.15) is 90.6 Å². The third kappa shape index (κ3) is 26.9. The molecule has 5 aromatic heterocycles. The number of hydrogen-bond donors (Lipinski definition) is 6. The first-order chi connectivity index (χ1) is 47.9. The number of rotatable bonds is 20. The lowest BCUT2D eigenvalue weighted by Crippen LogP contribution is -2.39. The first kappa shape index (κ1) is 84.6. The van der Waals surface area contributed by atoms with E-state index in [0.29, 0.717) is 70.1 Å². The summed E-state index contributed by atoms with van der Waals surface area (Å²) in [5.74, 6) is -1.87. The molecular weight excluding hydrogens is 1500 g/mol. The first-order valence-corrected chi connectivity index (χ1v) is 38.2. The zero-order valence-corrected chi connectivity index (χ0v) is 63.0. The van der Waals surface area contributed by atoms with Crippen LogP contribution in [0.4, 0.5) is 40.8 Å². The summed E-state index contributed by atoms with van der Waals surface area (Å²) in [5, 5.41) is 45.6. The molecule has 6 N–H and O–H groups in total. The molecule has 0 saturated carbocycles. The smallest absolute Gasteiger partial charge is 0.476 e. The van der Waals surface area contributed by atoms with Crippen LogP contribution < -0.4 is 20.7 Å². The fourth-order valence-electron chi connectivity index (χ4n) is 9.39. The molecular formula is C65H74Cl6F4N16O9SSi. The molecule has 4 aromatic carbocycles. The molecule has 1 fully saturated rings. The molecule has 0 aliphatic carbocycles. The monoisotopic (exact) mass is 1570 g/mol. The number of nitrogens with zero attached hydrogens (tertiary/aromatic N) is 12. The van der Waals surface area contributed by atoms with E-state index in [0.717, 1.165) is 48.4 Å². The van der Waals surface area contributed by atoms with Crippen LogP contribution in [0, 0.1) is 19.7 Å². The number of carboxylic acid groups (broad SMARTS) is 1. The fraction of sp³-hybridized carbons (Fsp3) is 0.338. The molecule has 1 aliphatic heterocycles. The van der Waals surface area contributed by atoms with Gasteiger partial charge in [-0.25, -0.2) is 33.5 Å². The van der Waals surface area contributed by atoms with Crippen molar-refractivity contribution >= 4 is 129 Å². The van der Waals surface area contributed by atoms with E-state index in [-0.39, 0.29) is 55.6 Å². The Morgan fingerprint density at radius 2 is 1.43 bits per heavy atom. The van der Waals surface area contributed by atoms with E-state index < -0.39 is 46.9 Å². The van der Waals surface area contributed by atoms with E-state index in [2.05, 4.69) is 92.8 Å². The minimum absolute atomic E-state index is 0.0419. The van der Waals surface area contributed by atoms with Crippen molar-refractivity contribution in [2.45, 2.75) is 129 Å². The molecule has 1 amide bonds. The molecule has 0 bridgehead atoms. The summed E-state index contributed by atoms with van der Waals surface area (Å²) in [7, 11) is -7.02. The van der Waals surface area contributed by atoms with Gasteiger partial charge in [-0.15, -0.1) is 10.2 Å². The van der Waals surface area contributed by atoms with Gasteiger partial charge in [0.25, 0.3) is 0 Å². The number of aromatic carboxylic acids is 1. The number of aryl methyl sites for hydroxylation is 2. The predicted octanol–water partition coefficient (Wildman–Crippen LogP) is 15.3. The van der Waals surface area contributed by atoms with Crippen LogP contribution in [-0.2, 0) is 48.8 Å². The highest BCUT2D eigenvalue weighted by atomic mass is 35.5. The number of benzene rings is 4. The van der Waals surface area contributed by atoms with E-state index in [4.69, 9.17) is 84.2 Å². The summed E-state index contributed by atoms with van der Waals surface area (Å²) in [4.78, 5) is 55.6. The Morgan fingerprint density at radius 1 is 0.794 bits per heavy atom. The van der Waals surface area contributed by atoms with Crippen molar-refractivity contribution in [3.8, 4) is 11.3 Å². The SMILES string of the molecule is CC(=O)Nc1cc(NS(=O)(=O)C(F)(F)F)c(C)cc1C.CCCC1COC(Cn2cncn2)(c2ccc(Cl)cc2Cl)O1.CCNc1nc(Cl)nc(NC(C)C)n1.C[Si](C)(C)CC(O)(Cn1cncn1)c1ccc(F)cc1.O=C(O)c1nc(Cl)ccc1Cl.O=Cc1cc(Cl)nnc1-c1ccccc1. The number of aldehydes is 1. The maximum atomic E-state index is 13.1. The molecule has 37 heteroatoms. The van der Waals surface area contributed by atoms with Crippen molar-refractivity contribution in [1.29, 1.82) is 0 Å². The largest absolute Gasteiger partial charge is 0.516 e. The number of carboxylic acids is 1. The number of aromatic nitrogens is 12. The molecule has 6 heterocycles. The molecule has 1 aliphatic rings. The van der Waals surface area contributed by atoms with E-state index in [1.54, 1.807) is 53.2 Å². The van der Waals surface area contributed by atoms with Crippen LogP contribution in [-0.4, -0.2) is 135 Å². The average Bonchev–Trinajstić information content (AvgIpc) is 1.57. The fourth-order valence-corrected chi connectivity index (χ4v) is 13.3. The summed E-state index contributed by atoms with van der Waals surface area (Å²) >= 11 is 34.7. The molecule has 548 valence electrons. The van der Waals surface area contributed by atoms with Gasteiger partial charge < -0.3 is 35.6 Å². The number of carbonyl (C=O) groups excluding carboxylic acids is 2. The number of aliphatic hydroxyl groups is 1. The lowest BCUT2D eigenvalue weighted by molar-refractivity contribution is -0.189. The van der Waals surface area contributed by atoms with Crippen LogP contribution >= 0.6 is 69.6 Å². The Balaban J connectivity index is 0.000000223. The molecule has 0 radical (unpaired) electrons. The molecule has 1 saturated heterocycles. The van der Waals surface area contributed by atoms with Gasteiger partial charge in [-0.1, -0.05) is 146 Å². The number of hydrogen-bond acceptors (Lipinski definition) is 20. The van der Waals surface area contributed by atoms with Gasteiger partial charge in [0.1, 0.15) is 54.1 Å². The summed E-state index contributed by atoms with van der Waals surface area (Å²) < 4.78 is 89.2. The molecule has 0 spiro atoms. The summed E-state index contributed by atoms with van der Waals surface area (Å²) in [6, 6.07) is 28.6. The second-order valence-corrected chi connectivity index (χ2v) is 33.2. The van der Waals surface area contributed by atoms with Crippen molar-refractivity contribution < 1.29 is 60.0 Å². The predicted molar refractivity (Wildman–Crippen MR) is 388 cm³/mol. The van der Waals surface area contributed by atoms with E-state index in [1.165, 1.54) is 67.6 Å². The van der Waals surface area contributed by atoms with E-state index in [9.17, 15) is 45.5 Å². The zero-order valence-electron chi connectivity index (χ0n) is 56.6. The lowest BCUT2D eigenvalue weighted by Gasteiger charge is -2.33. The summed E-state index contributed by atoms with van der Waals surface area (Å²) in [6.45, 7) is 21.0. The topological polar surface area (TPSA) is 331 Å². The number of amides is 1. The van der Waals surface area contributed by atoms with Crippen LogP contribution in [0.3, 0.4) is 0 Å². The third-order valence-electron chi connectivity index (χ3n) is 13.5. The van der Waals surface area contributed by atoms with Gasteiger partial charge >= 0.3 is 21.5 Å². The van der Waals surface area contributed by atoms with Crippen molar-refractivity contribution in [2.75, 3.05) is 33.8 Å². The quantitative estimate of drug-likeness (QED) is 0.0179. The van der Waals surface area contributed by atoms with Crippen molar-refractivity contribution in [3.63, 3.8) is 0 Å². The van der Waals surface area contributed by atoms with Crippen LogP contribution in [0.15, 0.2) is 128 Å². The minimum atomic E-state index is -5.49. The van der Waals surface area contributed by atoms with Gasteiger partial charge in [0.05, 0.1) is 35.0 Å². The van der Waals surface area contributed by atoms with Gasteiger partial charge in [0, 0.05) is 55.0 Å². The second kappa shape index (κ2) is 39.0. The standard InChI is InChI=1S/C15H17Cl2N3O2.C14H20FN3OSi.C11H7ClN2O.C11H13F3N2O3S.C8H14ClN5.C6H3Cl2NO2/c1-2-3-12-7-21-15(22-12,8-20-10-18-9-19-20)13-5-4-11(16)6-14(13)17;1-20(2,3)9-14(19,8-18-11-16-10-17-18)12-4-6-13(15)7-5-12;12-10-6-9(7-15)11(14-13-10)8-4-2-1-3-5-8;1-6-4-7(2)10(5-9(6)15-8(3)17)16-20(18,19)11(12,13)14;1-4-10-7-12-6(9)13-8(14-7)11-5(2)3;7-3-1-2-4(8)9-5(3)6(10)11/h4-6,9-10,12H,2-3,7-8H2,1H3;4-7,10-11,19H,8-9H2,1-3H3;1-7H;4-5,16H,1-3H3,(H,15,17);5H,4H2,1-3H3,(H2,10,11,12,13,14);1-2H,(H,10,11). The van der Waals surface area contributed by atoms with Gasteiger partial charge in [-0.2, -0.15) is 46.7 Å². The van der Waals surface area contributed by atoms with Gasteiger partial charge in [-0.05, 0) is 124 Å².